The van der Waals surface area contributed by atoms with Crippen LogP contribution in [0.15, 0.2) is 45.7 Å². The number of carbonyl (C=O) groups is 2. The number of hydrogen-bond acceptors (Lipinski definition) is 6. The SMILES string of the molecule is CNC(=O)[C@@H](Cc1c[nH]c2ccccc12)NC(=O)CC1(c2oc(C)cc(=O)c2O)CCOCC1. The number of likely N-dealkylation sites (N-methyl/N-ethyl adjacent to an activating group) is 1. The van der Waals surface area contributed by atoms with Crippen LogP contribution in [0.3, 0.4) is 0 Å². The molecule has 4 N–H and O–H groups in total. The summed E-state index contributed by atoms with van der Waals surface area (Å²) in [5.74, 6) is -0.721. The molecule has 0 radical (unpaired) electrons. The van der Waals surface area contributed by atoms with Crippen LogP contribution >= 0.6 is 0 Å². The van der Waals surface area contributed by atoms with Crippen LogP contribution in [0.2, 0.25) is 0 Å². The van der Waals surface area contributed by atoms with Gasteiger partial charge >= 0.3 is 0 Å². The molecule has 1 saturated heterocycles. The van der Waals surface area contributed by atoms with Crippen LogP contribution in [0.25, 0.3) is 10.9 Å². The molecule has 3 heterocycles. The van der Waals surface area contributed by atoms with E-state index in [0.717, 1.165) is 16.5 Å². The van der Waals surface area contributed by atoms with Crippen molar-refractivity contribution in [3.63, 3.8) is 0 Å². The van der Waals surface area contributed by atoms with Crippen LogP contribution in [0.1, 0.15) is 36.3 Å². The first-order valence-electron chi connectivity index (χ1n) is 11.3. The lowest BCUT2D eigenvalue weighted by Crippen LogP contribution is -2.49. The number of H-pyrrole nitrogens is 1. The topological polar surface area (TPSA) is 134 Å². The van der Waals surface area contributed by atoms with Crippen LogP contribution in [-0.4, -0.2) is 48.2 Å². The molecular formula is C25H29N3O6. The number of carbonyl (C=O) groups excluding carboxylic acids is 2. The molecule has 180 valence electrons. The predicted molar refractivity (Wildman–Crippen MR) is 126 cm³/mol. The number of aromatic nitrogens is 1. The standard InChI is InChI=1S/C25H29N3O6/c1-15-11-20(29)22(31)23(34-15)25(7-9-33-10-8-25)13-21(30)28-19(24(32)26-2)12-16-14-27-18-6-4-3-5-17(16)18/h3-6,11,14,19,27,31H,7-10,12-13H2,1-2H3,(H,26,32)(H,28,30)/t19-/m1/s1. The molecule has 9 nitrogen and oxygen atoms in total. The Morgan fingerprint density at radius 3 is 2.71 bits per heavy atom. The normalized spacial score (nSPS) is 16.2. The van der Waals surface area contributed by atoms with Gasteiger partial charge in [0.2, 0.25) is 23.0 Å². The summed E-state index contributed by atoms with van der Waals surface area (Å²) in [7, 11) is 1.52. The minimum absolute atomic E-state index is 0.0578. The van der Waals surface area contributed by atoms with Crippen molar-refractivity contribution < 1.29 is 23.8 Å². The molecule has 1 aromatic carbocycles. The zero-order chi connectivity index (χ0) is 24.3. The second kappa shape index (κ2) is 9.72. The molecule has 1 atom stereocenters. The second-order valence-electron chi connectivity index (χ2n) is 8.77. The van der Waals surface area contributed by atoms with E-state index in [2.05, 4.69) is 15.6 Å². The van der Waals surface area contributed by atoms with E-state index < -0.39 is 22.6 Å². The highest BCUT2D eigenvalue weighted by Crippen LogP contribution is 2.41. The van der Waals surface area contributed by atoms with E-state index in [1.54, 1.807) is 6.92 Å². The summed E-state index contributed by atoms with van der Waals surface area (Å²) in [6, 6.07) is 8.17. The lowest BCUT2D eigenvalue weighted by atomic mass is 9.74. The summed E-state index contributed by atoms with van der Waals surface area (Å²) in [5, 5.41) is 16.9. The average Bonchev–Trinajstić information content (AvgIpc) is 3.23. The van der Waals surface area contributed by atoms with Gasteiger partial charge in [0.1, 0.15) is 11.8 Å². The summed E-state index contributed by atoms with van der Waals surface area (Å²) < 4.78 is 11.2. The van der Waals surface area contributed by atoms with Crippen LogP contribution in [0.5, 0.6) is 5.75 Å². The van der Waals surface area contributed by atoms with Gasteiger partial charge in [0, 0.05) is 61.7 Å². The Morgan fingerprint density at radius 2 is 1.97 bits per heavy atom. The van der Waals surface area contributed by atoms with E-state index in [9.17, 15) is 19.5 Å². The minimum atomic E-state index is -0.911. The summed E-state index contributed by atoms with van der Waals surface area (Å²) in [6.45, 7) is 2.34. The van der Waals surface area contributed by atoms with Crippen molar-refractivity contribution in [1.82, 2.24) is 15.6 Å². The molecule has 9 heteroatoms. The quantitative estimate of drug-likeness (QED) is 0.420. The zero-order valence-corrected chi connectivity index (χ0v) is 19.3. The predicted octanol–water partition coefficient (Wildman–Crippen LogP) is 2.05. The molecule has 1 aliphatic rings. The first-order valence-corrected chi connectivity index (χ1v) is 11.3. The van der Waals surface area contributed by atoms with Crippen molar-refractivity contribution in [2.75, 3.05) is 20.3 Å². The summed E-state index contributed by atoms with van der Waals surface area (Å²) in [5.41, 5.74) is 0.400. The molecule has 1 fully saturated rings. The Kier molecular flexibility index (Phi) is 6.74. The number of aromatic hydroxyl groups is 1. The number of para-hydroxylation sites is 1. The number of amides is 2. The largest absolute Gasteiger partial charge is 0.502 e. The molecule has 3 aromatic rings. The fraction of sp³-hybridized carbons (Fsp3) is 0.400. The molecule has 4 rings (SSSR count). The Labute approximate surface area is 196 Å². The molecular weight excluding hydrogens is 438 g/mol. The molecule has 2 aromatic heterocycles. The van der Waals surface area contributed by atoms with Gasteiger partial charge in [0.15, 0.2) is 5.76 Å². The van der Waals surface area contributed by atoms with Gasteiger partial charge in [-0.2, -0.15) is 0 Å². The van der Waals surface area contributed by atoms with E-state index in [1.807, 2.05) is 30.5 Å². The van der Waals surface area contributed by atoms with Gasteiger partial charge in [0.25, 0.3) is 0 Å². The van der Waals surface area contributed by atoms with Gasteiger partial charge < -0.3 is 29.9 Å². The molecule has 0 saturated carbocycles. The maximum atomic E-state index is 13.3. The maximum absolute atomic E-state index is 13.3. The van der Waals surface area contributed by atoms with Gasteiger partial charge in [-0.1, -0.05) is 18.2 Å². The number of rotatable bonds is 7. The third kappa shape index (κ3) is 4.70. The van der Waals surface area contributed by atoms with E-state index in [1.165, 1.54) is 13.1 Å². The van der Waals surface area contributed by atoms with Crippen molar-refractivity contribution >= 4 is 22.7 Å². The summed E-state index contributed by atoms with van der Waals surface area (Å²) >= 11 is 0. The van der Waals surface area contributed by atoms with Crippen molar-refractivity contribution in [3.05, 3.63) is 63.8 Å². The van der Waals surface area contributed by atoms with Gasteiger partial charge in [-0.25, -0.2) is 0 Å². The molecule has 0 unspecified atom stereocenters. The lowest BCUT2D eigenvalue weighted by Gasteiger charge is -2.36. The van der Waals surface area contributed by atoms with Gasteiger partial charge in [-0.15, -0.1) is 0 Å². The molecule has 1 aliphatic heterocycles. The molecule has 34 heavy (non-hydrogen) atoms. The first-order chi connectivity index (χ1) is 16.3. The van der Waals surface area contributed by atoms with Crippen molar-refractivity contribution in [2.24, 2.45) is 0 Å². The van der Waals surface area contributed by atoms with Crippen LogP contribution < -0.4 is 16.1 Å². The lowest BCUT2D eigenvalue weighted by molar-refractivity contribution is -0.130. The highest BCUT2D eigenvalue weighted by atomic mass is 16.5. The molecule has 0 bridgehead atoms. The third-order valence-electron chi connectivity index (χ3n) is 6.47. The van der Waals surface area contributed by atoms with E-state index in [-0.39, 0.29) is 24.0 Å². The number of aryl methyl sites for hydroxylation is 1. The Hall–Kier alpha value is -3.59. The zero-order valence-electron chi connectivity index (χ0n) is 19.3. The van der Waals surface area contributed by atoms with Gasteiger partial charge in [0.05, 0.1) is 0 Å². The third-order valence-corrected chi connectivity index (χ3v) is 6.47. The number of hydrogen-bond donors (Lipinski definition) is 4. The Morgan fingerprint density at radius 1 is 1.24 bits per heavy atom. The second-order valence-corrected chi connectivity index (χ2v) is 8.77. The maximum Gasteiger partial charge on any atom is 0.242 e. The number of nitrogens with one attached hydrogen (secondary N) is 3. The van der Waals surface area contributed by atoms with E-state index >= 15 is 0 Å². The molecule has 2 amide bonds. The average molecular weight is 468 g/mol. The number of benzene rings is 1. The van der Waals surface area contributed by atoms with E-state index in [4.69, 9.17) is 9.15 Å². The highest BCUT2D eigenvalue weighted by molar-refractivity contribution is 5.89. The smallest absolute Gasteiger partial charge is 0.242 e. The molecule has 0 spiro atoms. The van der Waals surface area contributed by atoms with Crippen molar-refractivity contribution in [1.29, 1.82) is 0 Å². The van der Waals surface area contributed by atoms with Crippen LogP contribution in [0.4, 0.5) is 0 Å². The highest BCUT2D eigenvalue weighted by Gasteiger charge is 2.42. The van der Waals surface area contributed by atoms with E-state index in [0.29, 0.717) is 38.2 Å². The van der Waals surface area contributed by atoms with Crippen molar-refractivity contribution in [2.45, 2.75) is 44.1 Å². The first kappa shape index (κ1) is 23.6. The van der Waals surface area contributed by atoms with Crippen LogP contribution in [-0.2, 0) is 26.2 Å². The summed E-state index contributed by atoms with van der Waals surface area (Å²) in [6.07, 6.45) is 2.88. The number of ether oxygens (including phenoxy) is 1. The van der Waals surface area contributed by atoms with Gasteiger partial charge in [-0.3, -0.25) is 14.4 Å². The Bertz CT molecular complexity index is 1260. The Balaban J connectivity index is 1.59. The minimum Gasteiger partial charge on any atom is -0.502 e. The molecule has 0 aliphatic carbocycles. The van der Waals surface area contributed by atoms with Crippen molar-refractivity contribution in [3.8, 4) is 5.75 Å². The summed E-state index contributed by atoms with van der Waals surface area (Å²) in [4.78, 5) is 41.3. The van der Waals surface area contributed by atoms with Crippen LogP contribution in [0, 0.1) is 6.92 Å². The number of fused-ring (bicyclic) bond motifs is 1. The van der Waals surface area contributed by atoms with Gasteiger partial charge in [-0.05, 0) is 31.4 Å². The fourth-order valence-corrected chi connectivity index (χ4v) is 4.67. The number of aromatic amines is 1. The fourth-order valence-electron chi connectivity index (χ4n) is 4.67. The monoisotopic (exact) mass is 467 g/mol.